The second-order valence-electron chi connectivity index (χ2n) is 4.00. The lowest BCUT2D eigenvalue weighted by Crippen LogP contribution is -2.34. The van der Waals surface area contributed by atoms with E-state index in [0.717, 1.165) is 17.7 Å². The molecule has 0 saturated carbocycles. The average Bonchev–Trinajstić information content (AvgIpc) is 2.38. The fraction of sp³-hybridized carbons (Fsp3) is 0.400. The van der Waals surface area contributed by atoms with Gasteiger partial charge in [0.05, 0.1) is 11.9 Å². The largest absolute Gasteiger partial charge is 0.399 e. The van der Waals surface area contributed by atoms with Crippen LogP contribution in [0.2, 0.25) is 0 Å². The molecule has 5 heteroatoms. The molecule has 0 radical (unpaired) electrons. The monoisotopic (exact) mass is 226 g/mol. The van der Waals surface area contributed by atoms with E-state index in [1.165, 1.54) is 10.6 Å². The Hall–Kier alpha value is -1.23. The van der Waals surface area contributed by atoms with Crippen molar-refractivity contribution < 1.29 is 8.42 Å². The van der Waals surface area contributed by atoms with E-state index >= 15 is 0 Å². The zero-order chi connectivity index (χ0) is 11.2. The number of rotatable bonds is 1. The molecule has 4 nitrogen and oxygen atoms in total. The van der Waals surface area contributed by atoms with Crippen molar-refractivity contribution in [2.75, 3.05) is 16.3 Å². The van der Waals surface area contributed by atoms with Gasteiger partial charge in [-0.25, -0.2) is 8.42 Å². The molecule has 1 aliphatic rings. The molecule has 1 aromatic rings. The van der Waals surface area contributed by atoms with Gasteiger partial charge < -0.3 is 5.73 Å². The zero-order valence-electron chi connectivity index (χ0n) is 8.77. The molecule has 0 bridgehead atoms. The van der Waals surface area contributed by atoms with Crippen molar-refractivity contribution in [2.45, 2.75) is 19.4 Å². The average molecular weight is 226 g/mol. The van der Waals surface area contributed by atoms with Crippen LogP contribution in [0.5, 0.6) is 0 Å². The Bertz CT molecular complexity index is 496. The highest BCUT2D eigenvalue weighted by atomic mass is 32.2. The number of sulfonamides is 1. The maximum absolute atomic E-state index is 11.6. The second kappa shape index (κ2) is 3.13. The van der Waals surface area contributed by atoms with E-state index in [1.807, 2.05) is 13.0 Å². The van der Waals surface area contributed by atoms with Crippen molar-refractivity contribution in [2.24, 2.45) is 0 Å². The van der Waals surface area contributed by atoms with E-state index in [-0.39, 0.29) is 6.04 Å². The lowest BCUT2D eigenvalue weighted by Gasteiger charge is -2.22. The molecule has 0 aromatic heterocycles. The Morgan fingerprint density at radius 1 is 1.47 bits per heavy atom. The maximum Gasteiger partial charge on any atom is 0.232 e. The highest BCUT2D eigenvalue weighted by Crippen LogP contribution is 2.35. The number of hydrogen-bond donors (Lipinski definition) is 1. The molecule has 2 N–H and O–H groups in total. The van der Waals surface area contributed by atoms with E-state index in [4.69, 9.17) is 5.73 Å². The van der Waals surface area contributed by atoms with Crippen LogP contribution in [-0.2, 0) is 16.4 Å². The Kier molecular flexibility index (Phi) is 2.15. The summed E-state index contributed by atoms with van der Waals surface area (Å²) in [6.45, 7) is 1.90. The van der Waals surface area contributed by atoms with Crippen molar-refractivity contribution in [1.82, 2.24) is 0 Å². The minimum Gasteiger partial charge on any atom is -0.399 e. The van der Waals surface area contributed by atoms with Gasteiger partial charge in [0.15, 0.2) is 0 Å². The van der Waals surface area contributed by atoms with Crippen LogP contribution < -0.4 is 10.0 Å². The number of benzene rings is 1. The summed E-state index contributed by atoms with van der Waals surface area (Å²) < 4.78 is 24.6. The van der Waals surface area contributed by atoms with Crippen LogP contribution in [0.25, 0.3) is 0 Å². The van der Waals surface area contributed by atoms with Crippen LogP contribution in [0.1, 0.15) is 12.5 Å². The smallest absolute Gasteiger partial charge is 0.232 e. The molecule has 1 unspecified atom stereocenters. The van der Waals surface area contributed by atoms with Crippen LogP contribution >= 0.6 is 0 Å². The maximum atomic E-state index is 11.6. The van der Waals surface area contributed by atoms with Crippen molar-refractivity contribution >= 4 is 21.4 Å². The van der Waals surface area contributed by atoms with Gasteiger partial charge in [0.2, 0.25) is 10.0 Å². The first-order valence-corrected chi connectivity index (χ1v) is 6.62. The normalized spacial score (nSPS) is 20.4. The molecule has 82 valence electrons. The standard InChI is InChI=1S/C10H14N2O2S/c1-7-5-8-3-4-9(11)6-10(8)12(7)15(2,13)14/h3-4,6-7H,5,11H2,1-2H3. The van der Waals surface area contributed by atoms with Gasteiger partial charge in [-0.15, -0.1) is 0 Å². The fourth-order valence-electron chi connectivity index (χ4n) is 2.10. The molecular formula is C10H14N2O2S. The molecule has 0 amide bonds. The van der Waals surface area contributed by atoms with E-state index in [9.17, 15) is 8.42 Å². The number of nitrogen functional groups attached to an aromatic ring is 1. The minimum absolute atomic E-state index is 0.0169. The third kappa shape index (κ3) is 1.67. The van der Waals surface area contributed by atoms with Gasteiger partial charge in [-0.05, 0) is 31.0 Å². The van der Waals surface area contributed by atoms with Crippen LogP contribution in [0.4, 0.5) is 11.4 Å². The van der Waals surface area contributed by atoms with Gasteiger partial charge in [-0.3, -0.25) is 4.31 Å². The molecule has 0 fully saturated rings. The lowest BCUT2D eigenvalue weighted by molar-refractivity contribution is 0.590. The predicted octanol–water partition coefficient (Wildman–Crippen LogP) is 0.979. The van der Waals surface area contributed by atoms with Gasteiger partial charge in [0.25, 0.3) is 0 Å². The zero-order valence-corrected chi connectivity index (χ0v) is 9.58. The number of anilines is 2. The van der Waals surface area contributed by atoms with E-state index < -0.39 is 10.0 Å². The molecule has 0 aliphatic carbocycles. The van der Waals surface area contributed by atoms with E-state index in [0.29, 0.717) is 5.69 Å². The van der Waals surface area contributed by atoms with Crippen LogP contribution in [0.3, 0.4) is 0 Å². The summed E-state index contributed by atoms with van der Waals surface area (Å²) in [4.78, 5) is 0. The van der Waals surface area contributed by atoms with Crippen LogP contribution in [0.15, 0.2) is 18.2 Å². The molecule has 1 atom stereocenters. The molecule has 0 saturated heterocycles. The van der Waals surface area contributed by atoms with Crippen molar-refractivity contribution in [3.05, 3.63) is 23.8 Å². The number of nitrogens with zero attached hydrogens (tertiary/aromatic N) is 1. The second-order valence-corrected chi connectivity index (χ2v) is 5.86. The third-order valence-electron chi connectivity index (χ3n) is 2.62. The van der Waals surface area contributed by atoms with Gasteiger partial charge in [0, 0.05) is 11.7 Å². The summed E-state index contributed by atoms with van der Waals surface area (Å²) in [6, 6.07) is 5.40. The Labute approximate surface area is 89.7 Å². The van der Waals surface area contributed by atoms with E-state index in [1.54, 1.807) is 12.1 Å². The summed E-state index contributed by atoms with van der Waals surface area (Å²) in [5.41, 5.74) is 8.02. The Balaban J connectivity index is 2.58. The Morgan fingerprint density at radius 2 is 2.13 bits per heavy atom. The fourth-order valence-corrected chi connectivity index (χ4v) is 3.36. The molecule has 1 aliphatic heterocycles. The first-order valence-electron chi connectivity index (χ1n) is 4.77. The number of nitrogens with two attached hydrogens (primary N) is 1. The minimum atomic E-state index is -3.20. The quantitative estimate of drug-likeness (QED) is 0.726. The number of hydrogen-bond acceptors (Lipinski definition) is 3. The first-order chi connectivity index (χ1) is 6.89. The number of fused-ring (bicyclic) bond motifs is 1. The Morgan fingerprint density at radius 3 is 2.73 bits per heavy atom. The molecule has 0 spiro atoms. The van der Waals surface area contributed by atoms with Crippen molar-refractivity contribution in [3.63, 3.8) is 0 Å². The lowest BCUT2D eigenvalue weighted by atomic mass is 10.1. The first kappa shape index (κ1) is 10.3. The summed E-state index contributed by atoms with van der Waals surface area (Å²) in [6.07, 6.45) is 1.98. The highest BCUT2D eigenvalue weighted by molar-refractivity contribution is 7.92. The van der Waals surface area contributed by atoms with E-state index in [2.05, 4.69) is 0 Å². The SMILES string of the molecule is CC1Cc2ccc(N)cc2N1S(C)(=O)=O. The molecule has 2 rings (SSSR count). The summed E-state index contributed by atoms with van der Waals surface area (Å²) in [5, 5.41) is 0. The van der Waals surface area contributed by atoms with Gasteiger partial charge in [-0.2, -0.15) is 0 Å². The van der Waals surface area contributed by atoms with Gasteiger partial charge >= 0.3 is 0 Å². The molecular weight excluding hydrogens is 212 g/mol. The van der Waals surface area contributed by atoms with Crippen LogP contribution in [-0.4, -0.2) is 20.7 Å². The van der Waals surface area contributed by atoms with Crippen molar-refractivity contribution in [1.29, 1.82) is 0 Å². The van der Waals surface area contributed by atoms with Gasteiger partial charge in [-0.1, -0.05) is 6.07 Å². The molecule has 1 aromatic carbocycles. The summed E-state index contributed by atoms with van der Waals surface area (Å²) in [7, 11) is -3.20. The van der Waals surface area contributed by atoms with Crippen molar-refractivity contribution in [3.8, 4) is 0 Å². The topological polar surface area (TPSA) is 63.4 Å². The van der Waals surface area contributed by atoms with Crippen LogP contribution in [0, 0.1) is 0 Å². The predicted molar refractivity (Wildman–Crippen MR) is 61.3 cm³/mol. The highest BCUT2D eigenvalue weighted by Gasteiger charge is 2.32. The molecule has 15 heavy (non-hydrogen) atoms. The van der Waals surface area contributed by atoms with Gasteiger partial charge in [0.1, 0.15) is 0 Å². The third-order valence-corrected chi connectivity index (χ3v) is 3.89. The summed E-state index contributed by atoms with van der Waals surface area (Å²) in [5.74, 6) is 0. The summed E-state index contributed by atoms with van der Waals surface area (Å²) >= 11 is 0. The molecule has 1 heterocycles.